The number of hydrogen-bond donors (Lipinski definition) is 0. The Kier molecular flexibility index (Phi) is 4.41. The molecule has 26 heavy (non-hydrogen) atoms. The normalized spacial score (nSPS) is 11.5. The molecule has 0 aliphatic rings. The third-order valence-corrected chi connectivity index (χ3v) is 6.16. The van der Waals surface area contributed by atoms with Gasteiger partial charge in [-0.15, -0.1) is 21.5 Å². The Hall–Kier alpha value is -2.39. The van der Waals surface area contributed by atoms with Crippen molar-refractivity contribution in [1.82, 2.24) is 19.7 Å². The Morgan fingerprint density at radius 3 is 2.88 bits per heavy atom. The lowest BCUT2D eigenvalue weighted by molar-refractivity contribution is 0.494. The van der Waals surface area contributed by atoms with E-state index in [9.17, 15) is 4.79 Å². The van der Waals surface area contributed by atoms with E-state index in [0.29, 0.717) is 35.0 Å². The molecule has 0 saturated heterocycles. The highest BCUT2D eigenvalue weighted by atomic mass is 32.2. The number of aromatic nitrogens is 4. The van der Waals surface area contributed by atoms with Crippen LogP contribution in [0.25, 0.3) is 21.9 Å². The standard InChI is InChI=1S/C17H16N4O3S2/c1-4-21-16(22)13-9(2)10(3)26-15(13)18-17(21)25-8-12-19-20-14(24-12)11-6-5-7-23-11/h5-7H,4,8H2,1-3H3. The minimum atomic E-state index is 0.00338. The van der Waals surface area contributed by atoms with E-state index >= 15 is 0 Å². The van der Waals surface area contributed by atoms with Gasteiger partial charge in [0, 0.05) is 11.4 Å². The fourth-order valence-electron chi connectivity index (χ4n) is 2.64. The molecule has 0 bridgehead atoms. The van der Waals surface area contributed by atoms with Gasteiger partial charge in [0.05, 0.1) is 17.4 Å². The van der Waals surface area contributed by atoms with Crippen LogP contribution >= 0.6 is 23.1 Å². The van der Waals surface area contributed by atoms with Crippen molar-refractivity contribution in [2.75, 3.05) is 0 Å². The molecule has 4 aromatic rings. The molecule has 134 valence electrons. The largest absolute Gasteiger partial charge is 0.459 e. The molecule has 0 spiro atoms. The van der Waals surface area contributed by atoms with Crippen molar-refractivity contribution in [3.05, 3.63) is 45.1 Å². The van der Waals surface area contributed by atoms with E-state index in [0.717, 1.165) is 20.7 Å². The van der Waals surface area contributed by atoms with Crippen LogP contribution in [0.5, 0.6) is 0 Å². The summed E-state index contributed by atoms with van der Waals surface area (Å²) in [6.45, 7) is 6.48. The topological polar surface area (TPSA) is 86.9 Å². The molecule has 0 aliphatic carbocycles. The van der Waals surface area contributed by atoms with Crippen molar-refractivity contribution in [3.63, 3.8) is 0 Å². The monoisotopic (exact) mass is 388 g/mol. The number of thioether (sulfide) groups is 1. The average molecular weight is 388 g/mol. The Labute approximate surface area is 157 Å². The molecule has 0 N–H and O–H groups in total. The quantitative estimate of drug-likeness (QED) is 0.377. The van der Waals surface area contributed by atoms with Gasteiger partial charge in [0.25, 0.3) is 11.4 Å². The summed E-state index contributed by atoms with van der Waals surface area (Å²) in [5, 5.41) is 9.40. The van der Waals surface area contributed by atoms with Crippen LogP contribution < -0.4 is 5.56 Å². The zero-order chi connectivity index (χ0) is 18.3. The van der Waals surface area contributed by atoms with Gasteiger partial charge in [0.1, 0.15) is 4.83 Å². The maximum atomic E-state index is 12.8. The van der Waals surface area contributed by atoms with Crippen LogP contribution in [-0.2, 0) is 12.3 Å². The van der Waals surface area contributed by atoms with Crippen molar-refractivity contribution in [3.8, 4) is 11.7 Å². The lowest BCUT2D eigenvalue weighted by Crippen LogP contribution is -2.22. The summed E-state index contributed by atoms with van der Waals surface area (Å²) in [5.41, 5.74) is 1.02. The summed E-state index contributed by atoms with van der Waals surface area (Å²) in [7, 11) is 0. The van der Waals surface area contributed by atoms with Crippen LogP contribution in [0, 0.1) is 13.8 Å². The van der Waals surface area contributed by atoms with E-state index in [1.54, 1.807) is 34.3 Å². The number of hydrogen-bond acceptors (Lipinski definition) is 8. The number of furan rings is 1. The summed E-state index contributed by atoms with van der Waals surface area (Å²) < 4.78 is 12.6. The van der Waals surface area contributed by atoms with Crippen LogP contribution in [-0.4, -0.2) is 19.7 Å². The summed E-state index contributed by atoms with van der Waals surface area (Å²) in [4.78, 5) is 19.4. The highest BCUT2D eigenvalue weighted by molar-refractivity contribution is 7.98. The second kappa shape index (κ2) is 6.73. The zero-order valence-electron chi connectivity index (χ0n) is 14.5. The second-order valence-electron chi connectivity index (χ2n) is 5.67. The van der Waals surface area contributed by atoms with E-state index < -0.39 is 0 Å². The van der Waals surface area contributed by atoms with Crippen LogP contribution in [0.1, 0.15) is 23.3 Å². The highest BCUT2D eigenvalue weighted by Gasteiger charge is 2.17. The average Bonchev–Trinajstić information content (AvgIpc) is 3.34. The van der Waals surface area contributed by atoms with Gasteiger partial charge >= 0.3 is 0 Å². The molecule has 0 aliphatic heterocycles. The van der Waals surface area contributed by atoms with Gasteiger partial charge in [0.15, 0.2) is 10.9 Å². The molecule has 0 unspecified atom stereocenters. The van der Waals surface area contributed by atoms with Crippen molar-refractivity contribution in [2.24, 2.45) is 0 Å². The van der Waals surface area contributed by atoms with E-state index in [1.807, 2.05) is 20.8 Å². The first-order chi connectivity index (χ1) is 12.6. The Morgan fingerprint density at radius 1 is 1.31 bits per heavy atom. The Morgan fingerprint density at radius 2 is 2.15 bits per heavy atom. The van der Waals surface area contributed by atoms with E-state index in [1.165, 1.54) is 11.8 Å². The fourth-order valence-corrected chi connectivity index (χ4v) is 4.61. The first kappa shape index (κ1) is 17.0. The molecular weight excluding hydrogens is 372 g/mol. The predicted octanol–water partition coefficient (Wildman–Crippen LogP) is 4.03. The minimum Gasteiger partial charge on any atom is -0.459 e. The SMILES string of the molecule is CCn1c(SCc2nnc(-c3ccco3)o2)nc2sc(C)c(C)c2c1=O. The molecule has 0 saturated carbocycles. The lowest BCUT2D eigenvalue weighted by Gasteiger charge is -2.08. The molecular formula is C17H16N4O3S2. The number of aryl methyl sites for hydroxylation is 2. The molecule has 4 rings (SSSR count). The molecule has 4 aromatic heterocycles. The first-order valence-corrected chi connectivity index (χ1v) is 9.88. The van der Waals surface area contributed by atoms with Gasteiger partial charge in [0.2, 0.25) is 5.89 Å². The highest BCUT2D eigenvalue weighted by Crippen LogP contribution is 2.29. The molecule has 0 amide bonds. The Bertz CT molecular complexity index is 1130. The lowest BCUT2D eigenvalue weighted by atomic mass is 10.2. The number of fused-ring (bicyclic) bond motifs is 1. The third kappa shape index (κ3) is 2.86. The Balaban J connectivity index is 1.64. The van der Waals surface area contributed by atoms with Crippen LogP contribution in [0.15, 0.2) is 37.2 Å². The minimum absolute atomic E-state index is 0.00338. The van der Waals surface area contributed by atoms with Crippen LogP contribution in [0.4, 0.5) is 0 Å². The molecule has 0 radical (unpaired) electrons. The van der Waals surface area contributed by atoms with Crippen molar-refractivity contribution < 1.29 is 8.83 Å². The summed E-state index contributed by atoms with van der Waals surface area (Å²) in [6.07, 6.45) is 1.55. The second-order valence-corrected chi connectivity index (χ2v) is 7.82. The summed E-state index contributed by atoms with van der Waals surface area (Å²) >= 11 is 2.96. The van der Waals surface area contributed by atoms with Gasteiger partial charge in [-0.2, -0.15) is 0 Å². The molecule has 4 heterocycles. The number of thiophene rings is 1. The summed E-state index contributed by atoms with van der Waals surface area (Å²) in [5.74, 6) is 1.75. The number of nitrogens with zero attached hydrogens (tertiary/aromatic N) is 4. The maximum absolute atomic E-state index is 12.8. The van der Waals surface area contributed by atoms with Crippen molar-refractivity contribution in [1.29, 1.82) is 0 Å². The first-order valence-electron chi connectivity index (χ1n) is 8.08. The van der Waals surface area contributed by atoms with E-state index in [-0.39, 0.29) is 5.56 Å². The maximum Gasteiger partial charge on any atom is 0.283 e. The molecule has 9 heteroatoms. The van der Waals surface area contributed by atoms with Gasteiger partial charge in [-0.25, -0.2) is 4.98 Å². The van der Waals surface area contributed by atoms with Gasteiger partial charge < -0.3 is 8.83 Å². The van der Waals surface area contributed by atoms with Crippen molar-refractivity contribution in [2.45, 2.75) is 38.2 Å². The number of rotatable bonds is 5. The van der Waals surface area contributed by atoms with Crippen LogP contribution in [0.2, 0.25) is 0 Å². The van der Waals surface area contributed by atoms with E-state index in [4.69, 9.17) is 13.8 Å². The van der Waals surface area contributed by atoms with E-state index in [2.05, 4.69) is 10.2 Å². The molecule has 0 fully saturated rings. The zero-order valence-corrected chi connectivity index (χ0v) is 16.1. The predicted molar refractivity (Wildman–Crippen MR) is 101 cm³/mol. The van der Waals surface area contributed by atoms with Gasteiger partial charge in [-0.05, 0) is 38.5 Å². The van der Waals surface area contributed by atoms with Crippen molar-refractivity contribution >= 4 is 33.3 Å². The smallest absolute Gasteiger partial charge is 0.283 e. The molecule has 7 nitrogen and oxygen atoms in total. The third-order valence-electron chi connectivity index (χ3n) is 4.09. The van der Waals surface area contributed by atoms with Crippen LogP contribution in [0.3, 0.4) is 0 Å². The van der Waals surface area contributed by atoms with Gasteiger partial charge in [-0.1, -0.05) is 11.8 Å². The fraction of sp³-hybridized carbons (Fsp3) is 0.294. The summed E-state index contributed by atoms with van der Waals surface area (Å²) in [6, 6.07) is 3.52. The molecule has 0 aromatic carbocycles. The van der Waals surface area contributed by atoms with Gasteiger partial charge in [-0.3, -0.25) is 9.36 Å². The molecule has 0 atom stereocenters.